The van der Waals surface area contributed by atoms with Crippen molar-refractivity contribution in [1.82, 2.24) is 5.43 Å². The molecular weight excluding hydrogens is 302 g/mol. The van der Waals surface area contributed by atoms with Crippen molar-refractivity contribution < 1.29 is 9.53 Å². The Balaban J connectivity index is 1.85. The number of carbonyl (C=O) groups excluding carboxylic acids is 1. The first-order valence-corrected chi connectivity index (χ1v) is 7.64. The molecule has 0 saturated heterocycles. The Labute approximate surface area is 141 Å². The van der Waals surface area contributed by atoms with E-state index >= 15 is 0 Å². The molecule has 0 radical (unpaired) electrons. The third kappa shape index (κ3) is 4.96. The van der Waals surface area contributed by atoms with Crippen molar-refractivity contribution in [2.24, 2.45) is 5.10 Å². The number of nitrogens with one attached hydrogen (secondary N) is 1. The molecule has 122 valence electrons. The average Bonchev–Trinajstić information content (AvgIpc) is 2.60. The van der Waals surface area contributed by atoms with E-state index in [2.05, 4.69) is 24.4 Å². The van der Waals surface area contributed by atoms with E-state index < -0.39 is 0 Å². The summed E-state index contributed by atoms with van der Waals surface area (Å²) in [4.78, 5) is 11.8. The lowest BCUT2D eigenvalue weighted by Gasteiger charge is -2.12. The molecule has 0 saturated carbocycles. The van der Waals surface area contributed by atoms with Gasteiger partial charge >= 0.3 is 0 Å². The minimum absolute atomic E-state index is 0.103. The van der Waals surface area contributed by atoms with Crippen LogP contribution in [0.25, 0.3) is 0 Å². The van der Waals surface area contributed by atoms with E-state index in [1.807, 2.05) is 30.3 Å². The predicted molar refractivity (Wildman–Crippen MR) is 92.9 cm³/mol. The lowest BCUT2D eigenvalue weighted by molar-refractivity contribution is -0.123. The van der Waals surface area contributed by atoms with Gasteiger partial charge in [-0.3, -0.25) is 4.79 Å². The van der Waals surface area contributed by atoms with Crippen molar-refractivity contribution in [3.05, 3.63) is 65.2 Å². The van der Waals surface area contributed by atoms with Gasteiger partial charge in [0.05, 0.1) is 17.8 Å². The molecule has 5 heteroatoms. The first-order valence-electron chi connectivity index (χ1n) is 7.64. The summed E-state index contributed by atoms with van der Waals surface area (Å²) in [5, 5.41) is 12.6. The van der Waals surface area contributed by atoms with E-state index in [1.165, 1.54) is 6.21 Å². The molecule has 0 bridgehead atoms. The summed E-state index contributed by atoms with van der Waals surface area (Å²) in [7, 11) is 0. The maximum Gasteiger partial charge on any atom is 0.277 e. The summed E-state index contributed by atoms with van der Waals surface area (Å²) >= 11 is 0. The highest BCUT2D eigenvalue weighted by Crippen LogP contribution is 2.25. The Hall–Kier alpha value is -3.13. The molecule has 0 unspecified atom stereocenters. The van der Waals surface area contributed by atoms with Crippen molar-refractivity contribution in [1.29, 1.82) is 5.26 Å². The van der Waals surface area contributed by atoms with Crippen LogP contribution in [-0.2, 0) is 4.79 Å². The number of hydrogen-bond acceptors (Lipinski definition) is 4. The van der Waals surface area contributed by atoms with Gasteiger partial charge in [0, 0.05) is 0 Å². The summed E-state index contributed by atoms with van der Waals surface area (Å²) in [5.74, 6) is 0.691. The summed E-state index contributed by atoms with van der Waals surface area (Å²) in [6.45, 7) is 4.04. The van der Waals surface area contributed by atoms with Gasteiger partial charge in [0.15, 0.2) is 6.61 Å². The molecule has 5 nitrogen and oxygen atoms in total. The predicted octanol–water partition coefficient (Wildman–Crippen LogP) is 3.21. The molecule has 24 heavy (non-hydrogen) atoms. The fraction of sp³-hybridized carbons (Fsp3) is 0.211. The van der Waals surface area contributed by atoms with E-state index in [4.69, 9.17) is 10.00 Å². The van der Waals surface area contributed by atoms with Crippen LogP contribution in [0.4, 0.5) is 0 Å². The number of amides is 1. The Morgan fingerprint density at radius 3 is 2.62 bits per heavy atom. The Kier molecular flexibility index (Phi) is 6.09. The summed E-state index contributed by atoms with van der Waals surface area (Å²) in [6.07, 6.45) is 1.51. The fourth-order valence-corrected chi connectivity index (χ4v) is 2.09. The second kappa shape index (κ2) is 8.49. The van der Waals surface area contributed by atoms with Crippen LogP contribution in [0.1, 0.15) is 36.5 Å². The van der Waals surface area contributed by atoms with Crippen LogP contribution < -0.4 is 10.2 Å². The molecule has 0 fully saturated rings. The van der Waals surface area contributed by atoms with Gasteiger partial charge in [-0.25, -0.2) is 5.43 Å². The van der Waals surface area contributed by atoms with Crippen LogP contribution in [0, 0.1) is 11.3 Å². The molecular formula is C19H19N3O2. The van der Waals surface area contributed by atoms with Crippen molar-refractivity contribution in [2.75, 3.05) is 6.61 Å². The van der Waals surface area contributed by atoms with Gasteiger partial charge in [-0.15, -0.1) is 0 Å². The smallest absolute Gasteiger partial charge is 0.277 e. The van der Waals surface area contributed by atoms with E-state index in [1.54, 1.807) is 24.3 Å². The third-order valence-corrected chi connectivity index (χ3v) is 3.34. The molecule has 0 aliphatic heterocycles. The second-order valence-corrected chi connectivity index (χ2v) is 5.51. The number of carbonyl (C=O) groups is 1. The van der Waals surface area contributed by atoms with Gasteiger partial charge in [-0.2, -0.15) is 10.4 Å². The molecule has 0 aromatic heterocycles. The van der Waals surface area contributed by atoms with E-state index in [0.29, 0.717) is 17.2 Å². The highest BCUT2D eigenvalue weighted by atomic mass is 16.5. The van der Waals surface area contributed by atoms with Crippen LogP contribution in [0.3, 0.4) is 0 Å². The van der Waals surface area contributed by atoms with Gasteiger partial charge in [-0.1, -0.05) is 44.2 Å². The second-order valence-electron chi connectivity index (χ2n) is 5.51. The zero-order valence-corrected chi connectivity index (χ0v) is 13.7. The van der Waals surface area contributed by atoms with Gasteiger partial charge in [-0.05, 0) is 35.2 Å². The Morgan fingerprint density at radius 2 is 1.96 bits per heavy atom. The third-order valence-electron chi connectivity index (χ3n) is 3.34. The zero-order valence-electron chi connectivity index (χ0n) is 13.7. The van der Waals surface area contributed by atoms with E-state index in [9.17, 15) is 4.79 Å². The number of benzene rings is 2. The van der Waals surface area contributed by atoms with E-state index in [-0.39, 0.29) is 12.5 Å². The number of rotatable bonds is 6. The fourth-order valence-electron chi connectivity index (χ4n) is 2.09. The SMILES string of the molecule is CC(C)c1ccccc1OCC(=O)N/N=C/c1ccc(C#N)cc1. The normalized spacial score (nSPS) is 10.6. The number of nitriles is 1. The van der Waals surface area contributed by atoms with Crippen LogP contribution >= 0.6 is 0 Å². The first-order chi connectivity index (χ1) is 11.6. The molecule has 0 heterocycles. The summed E-state index contributed by atoms with van der Waals surface area (Å²) < 4.78 is 5.57. The first kappa shape index (κ1) is 17.2. The zero-order chi connectivity index (χ0) is 17.4. The Morgan fingerprint density at radius 1 is 1.25 bits per heavy atom. The highest BCUT2D eigenvalue weighted by molar-refractivity contribution is 5.83. The molecule has 2 aromatic carbocycles. The van der Waals surface area contributed by atoms with Gasteiger partial charge in [0.1, 0.15) is 5.75 Å². The number of ether oxygens (including phenoxy) is 1. The van der Waals surface area contributed by atoms with Crippen molar-refractivity contribution in [3.8, 4) is 11.8 Å². The summed E-state index contributed by atoms with van der Waals surface area (Å²) in [5.41, 5.74) is 4.85. The lowest BCUT2D eigenvalue weighted by Crippen LogP contribution is -2.24. The molecule has 0 atom stereocenters. The molecule has 2 rings (SSSR count). The minimum Gasteiger partial charge on any atom is -0.483 e. The standard InChI is InChI=1S/C19H19N3O2/c1-14(2)17-5-3-4-6-18(17)24-13-19(23)22-21-12-16-9-7-15(11-20)8-10-16/h3-10,12,14H,13H2,1-2H3,(H,22,23)/b21-12+. The average molecular weight is 321 g/mol. The number of hydrogen-bond donors (Lipinski definition) is 1. The van der Waals surface area contributed by atoms with Gasteiger partial charge in [0.2, 0.25) is 0 Å². The molecule has 0 aliphatic carbocycles. The molecule has 1 amide bonds. The maximum atomic E-state index is 11.8. The largest absolute Gasteiger partial charge is 0.483 e. The molecule has 1 N–H and O–H groups in total. The van der Waals surface area contributed by atoms with Crippen LogP contribution in [0.5, 0.6) is 5.75 Å². The Bertz CT molecular complexity index is 759. The molecule has 0 spiro atoms. The van der Waals surface area contributed by atoms with Crippen LogP contribution in [0.2, 0.25) is 0 Å². The van der Waals surface area contributed by atoms with E-state index in [0.717, 1.165) is 11.1 Å². The van der Waals surface area contributed by atoms with Gasteiger partial charge < -0.3 is 4.74 Å². The topological polar surface area (TPSA) is 74.5 Å². The van der Waals surface area contributed by atoms with Crippen molar-refractivity contribution in [3.63, 3.8) is 0 Å². The molecule has 0 aliphatic rings. The van der Waals surface area contributed by atoms with Crippen molar-refractivity contribution >= 4 is 12.1 Å². The van der Waals surface area contributed by atoms with Gasteiger partial charge in [0.25, 0.3) is 5.91 Å². The van der Waals surface area contributed by atoms with Crippen LogP contribution in [-0.4, -0.2) is 18.7 Å². The minimum atomic E-state index is -0.335. The number of nitrogens with zero attached hydrogens (tertiary/aromatic N) is 2. The monoisotopic (exact) mass is 321 g/mol. The number of para-hydroxylation sites is 1. The van der Waals surface area contributed by atoms with Crippen LogP contribution in [0.15, 0.2) is 53.6 Å². The lowest BCUT2D eigenvalue weighted by atomic mass is 10.0. The quantitative estimate of drug-likeness (QED) is 0.656. The van der Waals surface area contributed by atoms with Crippen molar-refractivity contribution in [2.45, 2.75) is 19.8 Å². The maximum absolute atomic E-state index is 11.8. The summed E-state index contributed by atoms with van der Waals surface area (Å²) in [6, 6.07) is 16.6. The highest BCUT2D eigenvalue weighted by Gasteiger charge is 2.08. The number of hydrazone groups is 1. The molecule has 2 aromatic rings.